The number of rotatable bonds is 9. The minimum atomic E-state index is -0.773. The maximum Gasteiger partial charge on any atom is 0.338 e. The van der Waals surface area contributed by atoms with E-state index in [9.17, 15) is 14.9 Å². The van der Waals surface area contributed by atoms with Crippen molar-refractivity contribution in [3.8, 4) is 17.6 Å². The van der Waals surface area contributed by atoms with Crippen molar-refractivity contribution in [3.63, 3.8) is 0 Å². The smallest absolute Gasteiger partial charge is 0.338 e. The fraction of sp³-hybridized carbons (Fsp3) is 0.235. The summed E-state index contributed by atoms with van der Waals surface area (Å²) < 4.78 is 21.5. The van der Waals surface area contributed by atoms with Crippen molar-refractivity contribution in [1.29, 1.82) is 5.26 Å². The van der Waals surface area contributed by atoms with Gasteiger partial charge in [0.05, 0.1) is 47.3 Å². The number of para-hydroxylation sites is 1. The Bertz CT molecular complexity index is 2020. The van der Waals surface area contributed by atoms with Crippen LogP contribution in [0.25, 0.3) is 6.08 Å². The third-order valence-corrected chi connectivity index (χ3v) is 9.51. The van der Waals surface area contributed by atoms with Gasteiger partial charge in [0, 0.05) is 11.1 Å². The number of hydrogen-bond donors (Lipinski definition) is 0. The lowest BCUT2D eigenvalue weighted by atomic mass is 9.95. The number of allylic oxidation sites excluding steroid dienone is 1. The van der Waals surface area contributed by atoms with E-state index < -0.39 is 12.0 Å². The predicted octanol–water partition coefficient (Wildman–Crippen LogP) is 6.25. The van der Waals surface area contributed by atoms with Crippen LogP contribution >= 0.6 is 56.5 Å². The van der Waals surface area contributed by atoms with Gasteiger partial charge in [0.1, 0.15) is 24.1 Å². The van der Waals surface area contributed by atoms with Crippen LogP contribution in [0, 0.1) is 18.5 Å². The lowest BCUT2D eigenvalue weighted by Gasteiger charge is -2.26. The fourth-order valence-electron chi connectivity index (χ4n) is 5.01. The zero-order valence-electron chi connectivity index (χ0n) is 25.0. The molecule has 11 heteroatoms. The molecule has 8 nitrogen and oxygen atoms in total. The first-order valence-electron chi connectivity index (χ1n) is 14.2. The van der Waals surface area contributed by atoms with E-state index in [1.54, 1.807) is 24.5 Å². The Morgan fingerprint density at radius 3 is 2.51 bits per heavy atom. The third kappa shape index (κ3) is 7.02. The van der Waals surface area contributed by atoms with E-state index in [1.807, 2.05) is 74.5 Å². The van der Waals surface area contributed by atoms with Crippen LogP contribution in [0.15, 0.2) is 81.7 Å². The van der Waals surface area contributed by atoms with Gasteiger partial charge in [-0.25, -0.2) is 9.79 Å². The number of benzene rings is 3. The maximum absolute atomic E-state index is 14.1. The average Bonchev–Trinajstić information content (AvgIpc) is 3.30. The maximum atomic E-state index is 14.1. The van der Waals surface area contributed by atoms with E-state index in [4.69, 9.17) is 19.2 Å². The van der Waals surface area contributed by atoms with E-state index in [0.29, 0.717) is 43.2 Å². The summed E-state index contributed by atoms with van der Waals surface area (Å²) in [6.07, 6.45) is 1.72. The number of halogens is 2. The molecular weight excluding hydrogens is 816 g/mol. The van der Waals surface area contributed by atoms with Gasteiger partial charge in [-0.3, -0.25) is 9.36 Å². The number of esters is 1. The lowest BCUT2D eigenvalue weighted by Crippen LogP contribution is -2.40. The van der Waals surface area contributed by atoms with Crippen molar-refractivity contribution >= 4 is 68.6 Å². The van der Waals surface area contributed by atoms with Gasteiger partial charge in [0.2, 0.25) is 0 Å². The monoisotopic (exact) mass is 845 g/mol. The second kappa shape index (κ2) is 14.3. The van der Waals surface area contributed by atoms with Gasteiger partial charge in [-0.05, 0) is 109 Å². The highest BCUT2D eigenvalue weighted by molar-refractivity contribution is 14.1. The number of thiazole rings is 1. The molecule has 3 aromatic carbocycles. The molecule has 0 saturated carbocycles. The van der Waals surface area contributed by atoms with E-state index in [2.05, 4.69) is 51.3 Å². The molecule has 0 unspecified atom stereocenters. The summed E-state index contributed by atoms with van der Waals surface area (Å²) >= 11 is 5.71. The highest BCUT2D eigenvalue weighted by atomic mass is 127. The highest BCUT2D eigenvalue weighted by Crippen LogP contribution is 2.36. The Balaban J connectivity index is 1.58. The van der Waals surface area contributed by atoms with Gasteiger partial charge in [0.25, 0.3) is 5.56 Å². The largest absolute Gasteiger partial charge is 0.491 e. The molecule has 0 fully saturated rings. The van der Waals surface area contributed by atoms with Crippen LogP contribution in [0.5, 0.6) is 11.5 Å². The van der Waals surface area contributed by atoms with Crippen molar-refractivity contribution in [2.24, 2.45) is 4.99 Å². The van der Waals surface area contributed by atoms with Crippen LogP contribution < -0.4 is 24.4 Å². The first kappa shape index (κ1) is 32.9. The minimum absolute atomic E-state index is 0.115. The van der Waals surface area contributed by atoms with Crippen LogP contribution in [0.2, 0.25) is 0 Å². The van der Waals surface area contributed by atoms with Crippen LogP contribution in [-0.4, -0.2) is 23.2 Å². The van der Waals surface area contributed by atoms with Gasteiger partial charge in [-0.1, -0.05) is 47.7 Å². The first-order valence-corrected chi connectivity index (χ1v) is 17.1. The Morgan fingerprint density at radius 2 is 1.82 bits per heavy atom. The molecule has 0 spiro atoms. The molecule has 5 rings (SSSR count). The molecule has 0 bridgehead atoms. The van der Waals surface area contributed by atoms with Gasteiger partial charge in [-0.15, -0.1) is 0 Å². The van der Waals surface area contributed by atoms with Gasteiger partial charge in [-0.2, -0.15) is 5.26 Å². The van der Waals surface area contributed by atoms with Gasteiger partial charge >= 0.3 is 5.97 Å². The predicted molar refractivity (Wildman–Crippen MR) is 190 cm³/mol. The van der Waals surface area contributed by atoms with E-state index >= 15 is 0 Å². The van der Waals surface area contributed by atoms with Crippen LogP contribution in [-0.2, 0) is 16.1 Å². The Morgan fingerprint density at radius 1 is 1.13 bits per heavy atom. The number of carbonyl (C=O) groups is 1. The van der Waals surface area contributed by atoms with Gasteiger partial charge in [0.15, 0.2) is 4.80 Å². The van der Waals surface area contributed by atoms with Crippen molar-refractivity contribution in [3.05, 3.63) is 121 Å². The number of hydrogen-bond acceptors (Lipinski definition) is 8. The first-order chi connectivity index (χ1) is 21.6. The molecule has 2 heterocycles. The number of carbonyl (C=O) groups excluding carboxylic acids is 1. The number of nitriles is 1. The van der Waals surface area contributed by atoms with Crippen molar-refractivity contribution in [2.75, 3.05) is 6.61 Å². The molecular formula is C34H29I2N3O5S. The standard InChI is InChI=1S/C34H29I2N3O5S/c1-5-42-33(41)29-20(4)38-34-39(30(29)24-12-8-9-13-27(24)44-19(2)3)32(40)28(45-34)16-21-14-25(35)31(26(36)15-21)43-18-23-11-7-6-10-22(23)17-37/h6-16,19,30H,5,18H2,1-4H3/b28-16+/t30-/m0/s1. The summed E-state index contributed by atoms with van der Waals surface area (Å²) in [5, 5.41) is 9.42. The van der Waals surface area contributed by atoms with Crippen molar-refractivity contribution in [1.82, 2.24) is 4.57 Å². The van der Waals surface area contributed by atoms with Crippen LogP contribution in [0.1, 0.15) is 56.0 Å². The SMILES string of the molecule is CCOC(=O)C1=C(C)N=c2s/c(=C/c3cc(I)c(OCc4ccccc4C#N)c(I)c3)c(=O)n2[C@H]1c1ccccc1OC(C)C. The summed E-state index contributed by atoms with van der Waals surface area (Å²) in [7, 11) is 0. The van der Waals surface area contributed by atoms with E-state index in [1.165, 1.54) is 11.3 Å². The number of ether oxygens (including phenoxy) is 3. The summed E-state index contributed by atoms with van der Waals surface area (Å²) in [6.45, 7) is 7.83. The van der Waals surface area contributed by atoms with Crippen LogP contribution in [0.3, 0.4) is 0 Å². The summed E-state index contributed by atoms with van der Waals surface area (Å²) in [5.41, 5.74) is 3.42. The zero-order chi connectivity index (χ0) is 32.2. The Hall–Kier alpha value is -3.48. The quantitative estimate of drug-likeness (QED) is 0.146. The Labute approximate surface area is 292 Å². The summed E-state index contributed by atoms with van der Waals surface area (Å²) in [4.78, 5) is 32.6. The molecule has 45 heavy (non-hydrogen) atoms. The Kier molecular flexibility index (Phi) is 10.5. The lowest BCUT2D eigenvalue weighted by molar-refractivity contribution is -0.139. The summed E-state index contributed by atoms with van der Waals surface area (Å²) in [6, 6.07) is 20.1. The second-order valence-electron chi connectivity index (χ2n) is 10.4. The normalized spacial score (nSPS) is 14.5. The highest BCUT2D eigenvalue weighted by Gasteiger charge is 2.35. The average molecular weight is 845 g/mol. The minimum Gasteiger partial charge on any atom is -0.491 e. The molecule has 1 aliphatic heterocycles. The van der Waals surface area contributed by atoms with Crippen molar-refractivity contribution < 1.29 is 19.0 Å². The number of fused-ring (bicyclic) bond motifs is 1. The second-order valence-corrected chi connectivity index (χ2v) is 13.7. The topological polar surface area (TPSA) is 103 Å². The summed E-state index contributed by atoms with van der Waals surface area (Å²) in [5.74, 6) is 0.772. The molecule has 0 saturated heterocycles. The zero-order valence-corrected chi connectivity index (χ0v) is 30.1. The molecule has 0 amide bonds. The van der Waals surface area contributed by atoms with Crippen molar-refractivity contribution in [2.45, 2.75) is 46.4 Å². The van der Waals surface area contributed by atoms with Gasteiger partial charge < -0.3 is 14.2 Å². The number of nitrogens with zero attached hydrogens (tertiary/aromatic N) is 3. The van der Waals surface area contributed by atoms with E-state index in [-0.39, 0.29) is 24.9 Å². The van der Waals surface area contributed by atoms with E-state index in [0.717, 1.165) is 18.3 Å². The van der Waals surface area contributed by atoms with Crippen LogP contribution in [0.4, 0.5) is 0 Å². The molecule has 0 aliphatic carbocycles. The molecule has 4 aromatic rings. The third-order valence-electron chi connectivity index (χ3n) is 6.92. The molecule has 230 valence electrons. The number of aromatic nitrogens is 1. The molecule has 1 aromatic heterocycles. The molecule has 1 aliphatic rings. The molecule has 1 atom stereocenters. The fourth-order valence-corrected chi connectivity index (χ4v) is 8.19. The molecule has 0 radical (unpaired) electrons. The molecule has 0 N–H and O–H groups in total.